The lowest BCUT2D eigenvalue weighted by molar-refractivity contribution is -0.151. The monoisotopic (exact) mass is 449 g/mol. The van der Waals surface area contributed by atoms with Gasteiger partial charge in [0.05, 0.1) is 19.4 Å². The van der Waals surface area contributed by atoms with Crippen LogP contribution < -0.4 is 0 Å². The van der Waals surface area contributed by atoms with E-state index < -0.39 is 0 Å². The molecule has 0 saturated heterocycles. The summed E-state index contributed by atoms with van der Waals surface area (Å²) < 4.78 is 15.4. The highest BCUT2D eigenvalue weighted by molar-refractivity contribution is 5.77. The van der Waals surface area contributed by atoms with E-state index in [0.717, 1.165) is 24.3 Å². The second-order valence-corrected chi connectivity index (χ2v) is 11.1. The van der Waals surface area contributed by atoms with Crippen molar-refractivity contribution < 1.29 is 23.8 Å². The van der Waals surface area contributed by atoms with Gasteiger partial charge in [-0.3, -0.25) is 14.5 Å². The Kier molecular flexibility index (Phi) is 8.49. The predicted molar refractivity (Wildman–Crippen MR) is 122 cm³/mol. The van der Waals surface area contributed by atoms with E-state index in [1.807, 2.05) is 0 Å². The first-order valence-corrected chi connectivity index (χ1v) is 13.1. The number of ether oxygens (including phenoxy) is 3. The Morgan fingerprint density at radius 3 is 1.94 bits per heavy atom. The molecule has 0 aromatic heterocycles. The Labute approximate surface area is 193 Å². The number of rotatable bonds is 12. The number of nitrogens with zero attached hydrogens (tertiary/aromatic N) is 1. The van der Waals surface area contributed by atoms with Gasteiger partial charge in [-0.05, 0) is 74.5 Å². The molecule has 0 aromatic rings. The van der Waals surface area contributed by atoms with Crippen molar-refractivity contribution in [1.82, 2.24) is 4.90 Å². The smallest absolute Gasteiger partial charge is 0.306 e. The van der Waals surface area contributed by atoms with E-state index in [-0.39, 0.29) is 31.4 Å². The van der Waals surface area contributed by atoms with Gasteiger partial charge in [0.25, 0.3) is 0 Å². The highest BCUT2D eigenvalue weighted by Crippen LogP contribution is 2.60. The van der Waals surface area contributed by atoms with Crippen LogP contribution in [-0.2, 0) is 23.8 Å². The van der Waals surface area contributed by atoms with E-state index in [4.69, 9.17) is 14.2 Å². The first-order valence-electron chi connectivity index (χ1n) is 13.1. The molecule has 0 heterocycles. The molecular weight excluding hydrogens is 406 g/mol. The Morgan fingerprint density at radius 2 is 1.38 bits per heavy atom. The van der Waals surface area contributed by atoms with Crippen LogP contribution in [0.15, 0.2) is 0 Å². The maximum absolute atomic E-state index is 12.2. The molecule has 0 N–H and O–H groups in total. The van der Waals surface area contributed by atoms with Gasteiger partial charge in [-0.1, -0.05) is 19.3 Å². The van der Waals surface area contributed by atoms with Gasteiger partial charge in [-0.15, -0.1) is 0 Å². The van der Waals surface area contributed by atoms with Gasteiger partial charge in [0.2, 0.25) is 0 Å². The molecule has 5 aliphatic carbocycles. The molecule has 182 valence electrons. The minimum atomic E-state index is -0.371. The summed E-state index contributed by atoms with van der Waals surface area (Å²) in [5.41, 5.74) is 0.516. The molecule has 0 unspecified atom stereocenters. The largest absolute Gasteiger partial charge is 0.464 e. The summed E-state index contributed by atoms with van der Waals surface area (Å²) >= 11 is 0. The molecule has 0 aromatic carbocycles. The third-order valence-electron chi connectivity index (χ3n) is 8.52. The first-order chi connectivity index (χ1) is 15.5. The molecule has 5 fully saturated rings. The number of carbonyl (C=O) groups excluding carboxylic acids is 2. The van der Waals surface area contributed by atoms with Crippen molar-refractivity contribution >= 4 is 11.9 Å². The molecule has 6 nitrogen and oxygen atoms in total. The molecule has 5 rings (SSSR count). The summed E-state index contributed by atoms with van der Waals surface area (Å²) in [5.74, 6) is 2.24. The van der Waals surface area contributed by atoms with E-state index in [0.29, 0.717) is 24.7 Å². The van der Waals surface area contributed by atoms with Gasteiger partial charge in [-0.2, -0.15) is 0 Å². The SMILES string of the molecule is COCCOC(=O)CCC(=O)OCCN(CC12CC3CC(CC(C3)C1)C2)C1CCCCC1. The second-order valence-electron chi connectivity index (χ2n) is 11.1. The van der Waals surface area contributed by atoms with Crippen LogP contribution in [0.25, 0.3) is 0 Å². The fourth-order valence-corrected chi connectivity index (χ4v) is 7.62. The van der Waals surface area contributed by atoms with Crippen molar-refractivity contribution in [1.29, 1.82) is 0 Å². The second kappa shape index (κ2) is 11.3. The summed E-state index contributed by atoms with van der Waals surface area (Å²) in [4.78, 5) is 26.5. The van der Waals surface area contributed by atoms with Gasteiger partial charge in [0, 0.05) is 26.2 Å². The minimum absolute atomic E-state index is 0.0716. The zero-order chi connectivity index (χ0) is 22.4. The lowest BCUT2D eigenvalue weighted by atomic mass is 9.49. The van der Waals surface area contributed by atoms with Gasteiger partial charge < -0.3 is 14.2 Å². The standard InChI is InChI=1S/C26H43NO5/c1-30-11-12-32-25(29)8-7-24(28)31-10-9-27(23-5-3-2-4-6-23)19-26-16-20-13-21(17-26)15-22(14-20)18-26/h20-23H,2-19H2,1H3. The van der Waals surface area contributed by atoms with Crippen molar-refractivity contribution in [2.45, 2.75) is 89.5 Å². The summed E-state index contributed by atoms with van der Waals surface area (Å²) in [6.07, 6.45) is 15.5. The zero-order valence-electron chi connectivity index (χ0n) is 20.0. The average Bonchev–Trinajstić information content (AvgIpc) is 2.77. The van der Waals surface area contributed by atoms with Crippen LogP contribution in [0.4, 0.5) is 0 Å². The molecule has 6 heteroatoms. The van der Waals surface area contributed by atoms with Crippen molar-refractivity contribution in [3.05, 3.63) is 0 Å². The summed E-state index contributed by atoms with van der Waals surface area (Å²) in [5, 5.41) is 0. The van der Waals surface area contributed by atoms with Crippen molar-refractivity contribution in [3.63, 3.8) is 0 Å². The molecule has 0 atom stereocenters. The minimum Gasteiger partial charge on any atom is -0.464 e. The van der Waals surface area contributed by atoms with E-state index in [1.165, 1.54) is 77.2 Å². The molecule has 0 spiro atoms. The number of esters is 2. The molecule has 0 amide bonds. The lowest BCUT2D eigenvalue weighted by Crippen LogP contribution is -2.53. The van der Waals surface area contributed by atoms with Gasteiger partial charge in [0.15, 0.2) is 0 Å². The molecular formula is C26H43NO5. The van der Waals surface area contributed by atoms with Crippen LogP contribution in [0.3, 0.4) is 0 Å². The zero-order valence-corrected chi connectivity index (χ0v) is 20.0. The van der Waals surface area contributed by atoms with Crippen LogP contribution in [0.1, 0.15) is 83.5 Å². The number of hydrogen-bond acceptors (Lipinski definition) is 6. The third kappa shape index (κ3) is 6.47. The highest BCUT2D eigenvalue weighted by atomic mass is 16.6. The van der Waals surface area contributed by atoms with Crippen LogP contribution in [0.5, 0.6) is 0 Å². The Morgan fingerprint density at radius 1 is 0.812 bits per heavy atom. The fraction of sp³-hybridized carbons (Fsp3) is 0.923. The maximum atomic E-state index is 12.2. The number of carbonyl (C=O) groups is 2. The summed E-state index contributed by atoms with van der Waals surface area (Å²) in [6, 6.07) is 0.645. The van der Waals surface area contributed by atoms with E-state index in [2.05, 4.69) is 4.90 Å². The van der Waals surface area contributed by atoms with Gasteiger partial charge >= 0.3 is 11.9 Å². The van der Waals surface area contributed by atoms with Crippen LogP contribution >= 0.6 is 0 Å². The first kappa shape index (κ1) is 24.0. The van der Waals surface area contributed by atoms with Crippen molar-refractivity contribution in [3.8, 4) is 0 Å². The van der Waals surface area contributed by atoms with Gasteiger partial charge in [-0.25, -0.2) is 0 Å². The predicted octanol–water partition coefficient (Wildman–Crippen LogP) is 4.35. The molecule has 0 radical (unpaired) electrons. The van der Waals surface area contributed by atoms with Crippen molar-refractivity contribution in [2.75, 3.05) is 40.0 Å². The van der Waals surface area contributed by atoms with Crippen LogP contribution in [0, 0.1) is 23.2 Å². The third-order valence-corrected chi connectivity index (χ3v) is 8.52. The lowest BCUT2D eigenvalue weighted by Gasteiger charge is -2.58. The maximum Gasteiger partial charge on any atom is 0.306 e. The summed E-state index contributed by atoms with van der Waals surface area (Å²) in [6.45, 7) is 3.06. The Balaban J connectivity index is 1.24. The average molecular weight is 450 g/mol. The highest BCUT2D eigenvalue weighted by Gasteiger charge is 2.51. The van der Waals surface area contributed by atoms with E-state index >= 15 is 0 Å². The van der Waals surface area contributed by atoms with E-state index in [9.17, 15) is 9.59 Å². The summed E-state index contributed by atoms with van der Waals surface area (Å²) in [7, 11) is 1.56. The Bertz CT molecular complexity index is 594. The molecule has 5 aliphatic rings. The van der Waals surface area contributed by atoms with E-state index in [1.54, 1.807) is 7.11 Å². The topological polar surface area (TPSA) is 65.1 Å². The molecule has 5 saturated carbocycles. The molecule has 32 heavy (non-hydrogen) atoms. The van der Waals surface area contributed by atoms with Crippen LogP contribution in [-0.4, -0.2) is 62.9 Å². The fourth-order valence-electron chi connectivity index (χ4n) is 7.62. The molecule has 4 bridgehead atoms. The van der Waals surface area contributed by atoms with Crippen LogP contribution in [0.2, 0.25) is 0 Å². The molecule has 0 aliphatic heterocycles. The normalized spacial score (nSPS) is 31.8. The van der Waals surface area contributed by atoms with Crippen molar-refractivity contribution in [2.24, 2.45) is 23.2 Å². The Hall–Kier alpha value is -1.14. The number of methoxy groups -OCH3 is 1. The van der Waals surface area contributed by atoms with Gasteiger partial charge in [0.1, 0.15) is 13.2 Å². The quantitative estimate of drug-likeness (QED) is 0.326. The number of hydrogen-bond donors (Lipinski definition) is 0.